The first-order valence-electron chi connectivity index (χ1n) is 9.00. The van der Waals surface area contributed by atoms with Crippen LogP contribution in [0, 0.1) is 0 Å². The molecule has 130 valence electrons. The summed E-state index contributed by atoms with van der Waals surface area (Å²) < 4.78 is 11.4. The van der Waals surface area contributed by atoms with Crippen molar-refractivity contribution in [1.82, 2.24) is 5.32 Å². The highest BCUT2D eigenvalue weighted by Gasteiger charge is 2.37. The second-order valence-corrected chi connectivity index (χ2v) is 6.86. The summed E-state index contributed by atoms with van der Waals surface area (Å²) in [6, 6.07) is 16.0. The fourth-order valence-electron chi connectivity index (χ4n) is 3.90. The zero-order valence-electron chi connectivity index (χ0n) is 14.3. The Morgan fingerprint density at radius 1 is 0.960 bits per heavy atom. The van der Waals surface area contributed by atoms with E-state index in [1.54, 1.807) is 0 Å². The van der Waals surface area contributed by atoms with E-state index in [1.807, 2.05) is 42.5 Å². The minimum Gasteiger partial charge on any atom is -0.486 e. The maximum atomic E-state index is 12.7. The smallest absolute Gasteiger partial charge is 0.225 e. The lowest BCUT2D eigenvalue weighted by atomic mass is 9.87. The third-order valence-electron chi connectivity index (χ3n) is 5.14. The van der Waals surface area contributed by atoms with E-state index in [9.17, 15) is 4.79 Å². The fourth-order valence-corrected chi connectivity index (χ4v) is 3.90. The second-order valence-electron chi connectivity index (χ2n) is 6.86. The van der Waals surface area contributed by atoms with Gasteiger partial charge in [0.25, 0.3) is 0 Å². The third kappa shape index (κ3) is 3.34. The molecule has 25 heavy (non-hydrogen) atoms. The zero-order chi connectivity index (χ0) is 17.1. The Morgan fingerprint density at radius 3 is 2.44 bits per heavy atom. The van der Waals surface area contributed by atoms with E-state index in [0.29, 0.717) is 19.6 Å². The van der Waals surface area contributed by atoms with Crippen molar-refractivity contribution in [2.45, 2.75) is 37.6 Å². The second kappa shape index (κ2) is 6.79. The highest BCUT2D eigenvalue weighted by molar-refractivity contribution is 5.79. The van der Waals surface area contributed by atoms with Crippen molar-refractivity contribution in [3.8, 4) is 11.5 Å². The summed E-state index contributed by atoms with van der Waals surface area (Å²) >= 11 is 0. The molecule has 0 aromatic heterocycles. The van der Waals surface area contributed by atoms with Crippen LogP contribution >= 0.6 is 0 Å². The molecule has 0 radical (unpaired) electrons. The largest absolute Gasteiger partial charge is 0.486 e. The number of hydrogen-bond donors (Lipinski definition) is 1. The van der Waals surface area contributed by atoms with Gasteiger partial charge in [-0.05, 0) is 36.1 Å². The summed E-state index contributed by atoms with van der Waals surface area (Å²) in [5.41, 5.74) is 1.87. The molecule has 0 bridgehead atoms. The minimum atomic E-state index is -0.290. The lowest BCUT2D eigenvalue weighted by molar-refractivity contribution is -0.122. The Morgan fingerprint density at radius 2 is 1.68 bits per heavy atom. The van der Waals surface area contributed by atoms with Crippen molar-refractivity contribution in [1.29, 1.82) is 0 Å². The van der Waals surface area contributed by atoms with Gasteiger partial charge in [0.2, 0.25) is 5.91 Å². The van der Waals surface area contributed by atoms with E-state index < -0.39 is 0 Å². The number of amides is 1. The molecule has 1 saturated carbocycles. The van der Waals surface area contributed by atoms with Crippen molar-refractivity contribution in [2.75, 3.05) is 13.2 Å². The number of fused-ring (bicyclic) bond motifs is 1. The van der Waals surface area contributed by atoms with E-state index in [2.05, 4.69) is 11.4 Å². The molecule has 1 fully saturated rings. The van der Waals surface area contributed by atoms with Gasteiger partial charge in [-0.3, -0.25) is 4.79 Å². The van der Waals surface area contributed by atoms with Gasteiger partial charge in [-0.25, -0.2) is 0 Å². The summed E-state index contributed by atoms with van der Waals surface area (Å²) in [6.45, 7) is 1.16. The average Bonchev–Trinajstić information content (AvgIpc) is 3.11. The molecule has 0 saturated heterocycles. The minimum absolute atomic E-state index is 0.0722. The molecule has 4 rings (SSSR count). The molecule has 1 aliphatic carbocycles. The number of ether oxygens (including phenoxy) is 2. The molecule has 2 aromatic carbocycles. The van der Waals surface area contributed by atoms with Gasteiger partial charge in [-0.15, -0.1) is 0 Å². The van der Waals surface area contributed by atoms with Crippen LogP contribution in [0.15, 0.2) is 48.5 Å². The number of nitrogens with one attached hydrogen (secondary N) is 1. The maximum absolute atomic E-state index is 12.7. The lowest BCUT2D eigenvalue weighted by Crippen LogP contribution is -2.44. The van der Waals surface area contributed by atoms with Crippen LogP contribution in [0.2, 0.25) is 0 Å². The summed E-state index contributed by atoms with van der Waals surface area (Å²) in [5.74, 6) is 1.65. The van der Waals surface area contributed by atoms with E-state index >= 15 is 0 Å². The van der Waals surface area contributed by atoms with Crippen molar-refractivity contribution in [2.24, 2.45) is 0 Å². The van der Waals surface area contributed by atoms with E-state index in [4.69, 9.17) is 9.47 Å². The van der Waals surface area contributed by atoms with Crippen LogP contribution in [0.25, 0.3) is 0 Å². The van der Waals surface area contributed by atoms with E-state index in [-0.39, 0.29) is 11.4 Å². The third-order valence-corrected chi connectivity index (χ3v) is 5.14. The van der Waals surface area contributed by atoms with Crippen molar-refractivity contribution >= 4 is 5.91 Å². The van der Waals surface area contributed by atoms with Crippen molar-refractivity contribution in [3.05, 3.63) is 59.7 Å². The van der Waals surface area contributed by atoms with Crippen LogP contribution in [-0.4, -0.2) is 19.1 Å². The summed E-state index contributed by atoms with van der Waals surface area (Å²) in [4.78, 5) is 12.7. The predicted octanol–water partition coefficient (Wildman–Crippen LogP) is 3.59. The molecule has 4 heteroatoms. The molecule has 4 nitrogen and oxygen atoms in total. The standard InChI is InChI=1S/C21H23NO3/c23-20(14-16-6-2-1-3-7-16)22-21(10-4-5-11-21)17-8-9-18-19(15-17)25-13-12-24-18/h1-3,6-9,15H,4-5,10-14H2,(H,22,23). The summed E-state index contributed by atoms with van der Waals surface area (Å²) in [7, 11) is 0. The van der Waals surface area contributed by atoms with Gasteiger partial charge in [-0.2, -0.15) is 0 Å². The van der Waals surface area contributed by atoms with Gasteiger partial charge in [-0.1, -0.05) is 49.2 Å². The average molecular weight is 337 g/mol. The summed E-state index contributed by atoms with van der Waals surface area (Å²) in [6.07, 6.45) is 4.59. The number of hydrogen-bond acceptors (Lipinski definition) is 3. The van der Waals surface area contributed by atoms with Gasteiger partial charge in [0.05, 0.1) is 12.0 Å². The van der Waals surface area contributed by atoms with Gasteiger partial charge < -0.3 is 14.8 Å². The topological polar surface area (TPSA) is 47.6 Å². The van der Waals surface area contributed by atoms with Gasteiger partial charge >= 0.3 is 0 Å². The predicted molar refractivity (Wildman–Crippen MR) is 95.9 cm³/mol. The molecule has 0 atom stereocenters. The van der Waals surface area contributed by atoms with E-state index in [1.165, 1.54) is 0 Å². The van der Waals surface area contributed by atoms with Gasteiger partial charge in [0, 0.05) is 0 Å². The first-order valence-corrected chi connectivity index (χ1v) is 9.00. The normalized spacial score (nSPS) is 17.9. The molecule has 1 amide bonds. The van der Waals surface area contributed by atoms with Crippen LogP contribution in [0.3, 0.4) is 0 Å². The molecular formula is C21H23NO3. The molecule has 1 aliphatic heterocycles. The Balaban J connectivity index is 1.56. The fraction of sp³-hybridized carbons (Fsp3) is 0.381. The molecule has 0 spiro atoms. The lowest BCUT2D eigenvalue weighted by Gasteiger charge is -2.32. The Kier molecular flexibility index (Phi) is 4.35. The quantitative estimate of drug-likeness (QED) is 0.927. The van der Waals surface area contributed by atoms with Crippen LogP contribution in [-0.2, 0) is 16.8 Å². The van der Waals surface area contributed by atoms with Gasteiger partial charge in [0.1, 0.15) is 13.2 Å². The highest BCUT2D eigenvalue weighted by Crippen LogP contribution is 2.42. The number of rotatable bonds is 4. The number of benzene rings is 2. The van der Waals surface area contributed by atoms with Crippen molar-refractivity contribution in [3.63, 3.8) is 0 Å². The van der Waals surface area contributed by atoms with Gasteiger partial charge in [0.15, 0.2) is 11.5 Å². The maximum Gasteiger partial charge on any atom is 0.225 e. The monoisotopic (exact) mass is 337 g/mol. The van der Waals surface area contributed by atoms with Crippen LogP contribution < -0.4 is 14.8 Å². The van der Waals surface area contributed by atoms with Crippen molar-refractivity contribution < 1.29 is 14.3 Å². The van der Waals surface area contributed by atoms with Crippen LogP contribution in [0.5, 0.6) is 11.5 Å². The zero-order valence-corrected chi connectivity index (χ0v) is 14.3. The molecule has 1 N–H and O–H groups in total. The van der Waals surface area contributed by atoms with E-state index in [0.717, 1.165) is 48.3 Å². The Hall–Kier alpha value is -2.49. The van der Waals surface area contributed by atoms with Crippen LogP contribution in [0.1, 0.15) is 36.8 Å². The molecule has 2 aromatic rings. The highest BCUT2D eigenvalue weighted by atomic mass is 16.6. The number of carbonyl (C=O) groups excluding carboxylic acids is 1. The molecule has 0 unspecified atom stereocenters. The first-order chi connectivity index (χ1) is 12.3. The number of carbonyl (C=O) groups is 1. The molecular weight excluding hydrogens is 314 g/mol. The Bertz CT molecular complexity index is 751. The first kappa shape index (κ1) is 16.0. The molecule has 1 heterocycles. The molecule has 2 aliphatic rings. The summed E-state index contributed by atoms with van der Waals surface area (Å²) in [5, 5.41) is 3.33. The van der Waals surface area contributed by atoms with Crippen LogP contribution in [0.4, 0.5) is 0 Å². The SMILES string of the molecule is O=C(Cc1ccccc1)NC1(c2ccc3c(c2)OCCO3)CCCC1. The Labute approximate surface area is 148 Å².